The molecule has 2 aliphatic carbocycles. The van der Waals surface area contributed by atoms with Crippen molar-refractivity contribution in [2.75, 3.05) is 13.2 Å². The first-order chi connectivity index (χ1) is 18.4. The summed E-state index contributed by atoms with van der Waals surface area (Å²) >= 11 is 0. The predicted molar refractivity (Wildman–Crippen MR) is 158 cm³/mol. The molecule has 2 saturated carbocycles. The van der Waals surface area contributed by atoms with Crippen molar-refractivity contribution in [3.8, 4) is 0 Å². The second-order valence-electron chi connectivity index (χ2n) is 14.2. The fourth-order valence-corrected chi connectivity index (χ4v) is 9.57. The molecule has 2 saturated heterocycles. The van der Waals surface area contributed by atoms with Crippen LogP contribution in [0.15, 0.2) is 18.2 Å². The van der Waals surface area contributed by atoms with Gasteiger partial charge in [0, 0.05) is 31.1 Å². The van der Waals surface area contributed by atoms with Gasteiger partial charge in [-0.15, -0.1) is 0 Å². The summed E-state index contributed by atoms with van der Waals surface area (Å²) in [5.41, 5.74) is 4.08. The van der Waals surface area contributed by atoms with Gasteiger partial charge in [0.15, 0.2) is 0 Å². The Balaban J connectivity index is 1.47. The molecule has 220 valence electrons. The average Bonchev–Trinajstić information content (AvgIpc) is 2.83. The Bertz CT molecular complexity index is 1080. The largest absolute Gasteiger partial charge is 0.362 e. The van der Waals surface area contributed by atoms with E-state index in [4.69, 9.17) is 4.74 Å². The predicted octanol–water partition coefficient (Wildman–Crippen LogP) is 4.95. The molecule has 39 heavy (non-hydrogen) atoms. The van der Waals surface area contributed by atoms with Gasteiger partial charge in [0.05, 0.1) is 11.9 Å². The Morgan fingerprint density at radius 1 is 1.08 bits per heavy atom. The van der Waals surface area contributed by atoms with Gasteiger partial charge >= 0.3 is 0 Å². The molecule has 2 aliphatic heterocycles. The molecule has 0 aromatic heterocycles. The van der Waals surface area contributed by atoms with Crippen LogP contribution in [0.5, 0.6) is 0 Å². The second kappa shape index (κ2) is 11.7. The van der Waals surface area contributed by atoms with Gasteiger partial charge in [0.25, 0.3) is 0 Å². The zero-order chi connectivity index (χ0) is 27.9. The normalized spacial score (nSPS) is 35.9. The zero-order valence-electron chi connectivity index (χ0n) is 25.0. The fourth-order valence-electron chi connectivity index (χ4n) is 7.91. The van der Waals surface area contributed by atoms with Gasteiger partial charge in [0.2, 0.25) is 10.0 Å². The van der Waals surface area contributed by atoms with E-state index in [1.165, 1.54) is 29.5 Å². The lowest BCUT2D eigenvalue weighted by atomic mass is 9.67. The third kappa shape index (κ3) is 6.90. The van der Waals surface area contributed by atoms with Crippen molar-refractivity contribution in [2.24, 2.45) is 17.3 Å². The van der Waals surface area contributed by atoms with E-state index in [1.54, 1.807) is 0 Å². The fraction of sp³-hybridized carbons (Fsp3) is 0.806. The van der Waals surface area contributed by atoms with Crippen LogP contribution < -0.4 is 15.4 Å². The maximum atomic E-state index is 13.7. The van der Waals surface area contributed by atoms with Gasteiger partial charge in [-0.3, -0.25) is 15.5 Å². The minimum Gasteiger partial charge on any atom is -0.362 e. The number of sulfonamides is 1. The molecule has 0 radical (unpaired) electrons. The van der Waals surface area contributed by atoms with Crippen molar-refractivity contribution in [3.63, 3.8) is 0 Å². The van der Waals surface area contributed by atoms with E-state index in [9.17, 15) is 8.42 Å². The van der Waals surface area contributed by atoms with Gasteiger partial charge in [-0.1, -0.05) is 52.3 Å². The van der Waals surface area contributed by atoms with Gasteiger partial charge in [-0.05, 0) is 86.3 Å². The molecule has 5 unspecified atom stereocenters. The molecule has 6 atom stereocenters. The first-order valence-electron chi connectivity index (χ1n) is 15.4. The summed E-state index contributed by atoms with van der Waals surface area (Å²) in [6, 6.07) is 7.27. The second-order valence-corrected chi connectivity index (χ2v) is 16.2. The van der Waals surface area contributed by atoms with E-state index >= 15 is 0 Å². The maximum Gasteiger partial charge on any atom is 0.216 e. The summed E-state index contributed by atoms with van der Waals surface area (Å²) in [7, 11) is -3.50. The van der Waals surface area contributed by atoms with Crippen LogP contribution in [0.1, 0.15) is 102 Å². The molecule has 0 spiro atoms. The summed E-state index contributed by atoms with van der Waals surface area (Å²) in [5.74, 6) is 0.976. The first kappa shape index (κ1) is 29.5. The van der Waals surface area contributed by atoms with Gasteiger partial charge < -0.3 is 4.74 Å². The number of hydrogen-bond acceptors (Lipinski definition) is 6. The highest BCUT2D eigenvalue weighted by Gasteiger charge is 2.44. The van der Waals surface area contributed by atoms with Crippen molar-refractivity contribution < 1.29 is 13.2 Å². The Morgan fingerprint density at radius 2 is 1.79 bits per heavy atom. The van der Waals surface area contributed by atoms with Crippen LogP contribution in [0, 0.1) is 31.1 Å². The Kier molecular flexibility index (Phi) is 8.83. The van der Waals surface area contributed by atoms with E-state index in [2.05, 4.69) is 80.0 Å². The lowest BCUT2D eigenvalue weighted by Gasteiger charge is -2.52. The quantitative estimate of drug-likeness (QED) is 0.483. The van der Waals surface area contributed by atoms with E-state index in [1.807, 2.05) is 0 Å². The summed E-state index contributed by atoms with van der Waals surface area (Å²) in [5, 5.41) is 6.72. The Labute approximate surface area is 237 Å². The van der Waals surface area contributed by atoms with E-state index in [0.717, 1.165) is 45.1 Å². The van der Waals surface area contributed by atoms with E-state index in [-0.39, 0.29) is 17.5 Å². The molecule has 1 aromatic rings. The summed E-state index contributed by atoms with van der Waals surface area (Å²) in [4.78, 5) is 2.75. The van der Waals surface area contributed by atoms with Crippen LogP contribution in [0.3, 0.4) is 0 Å². The number of nitrogens with one attached hydrogen (secondary N) is 3. The minimum absolute atomic E-state index is 0.00136. The standard InChI is InChI=1S/C31H52N4O3S/c1-20(2)13-24-19-38-28-15-27(29-21(3)9-7-10-22(29)4)32-30(33-28)34-39(36,37)26-12-8-11-23(14-26)18-35(24)25-16-31(5,6)17-25/h7,9-10,20,23-28,30,32-34H,8,11-19H2,1-6H3/t23?,24-,26?,27?,28?,30?/m1/s1. The maximum absolute atomic E-state index is 13.7. The molecule has 4 fully saturated rings. The van der Waals surface area contributed by atoms with Gasteiger partial charge in [0.1, 0.15) is 12.5 Å². The highest BCUT2D eigenvalue weighted by atomic mass is 32.2. The summed E-state index contributed by atoms with van der Waals surface area (Å²) in [6.07, 6.45) is 7.04. The van der Waals surface area contributed by atoms with Crippen LogP contribution in [0.2, 0.25) is 0 Å². The van der Waals surface area contributed by atoms with E-state index in [0.29, 0.717) is 35.9 Å². The Hall–Kier alpha value is -1.03. The number of benzene rings is 1. The molecule has 4 bridgehead atoms. The molecule has 0 amide bonds. The smallest absolute Gasteiger partial charge is 0.216 e. The van der Waals surface area contributed by atoms with E-state index < -0.39 is 16.3 Å². The molecule has 8 heteroatoms. The van der Waals surface area contributed by atoms with Gasteiger partial charge in [-0.25, -0.2) is 8.42 Å². The highest BCUT2D eigenvalue weighted by molar-refractivity contribution is 7.90. The van der Waals surface area contributed by atoms with Crippen molar-refractivity contribution in [1.82, 2.24) is 20.3 Å². The molecule has 7 nitrogen and oxygen atoms in total. The molecular weight excluding hydrogens is 508 g/mol. The average molecular weight is 561 g/mol. The third-order valence-corrected chi connectivity index (χ3v) is 11.6. The van der Waals surface area contributed by atoms with Crippen LogP contribution in [0.25, 0.3) is 0 Å². The lowest BCUT2D eigenvalue weighted by molar-refractivity contribution is -0.0765. The zero-order valence-corrected chi connectivity index (χ0v) is 25.8. The number of fused-ring (bicyclic) bond motifs is 4. The monoisotopic (exact) mass is 560 g/mol. The topological polar surface area (TPSA) is 82.7 Å². The van der Waals surface area contributed by atoms with Crippen molar-refractivity contribution in [2.45, 2.75) is 129 Å². The molecule has 4 aliphatic rings. The number of aryl methyl sites for hydroxylation is 2. The number of nitrogens with zero attached hydrogens (tertiary/aromatic N) is 1. The highest BCUT2D eigenvalue weighted by Crippen LogP contribution is 2.45. The SMILES string of the molecule is Cc1cccc(C)c1C1CC2NC(N1)NS(=O)(=O)C1CCCC(C1)CN(C1CC(C)(C)C1)[C@H](CC(C)C)CO2. The first-order valence-corrected chi connectivity index (χ1v) is 16.9. The molecule has 5 rings (SSSR count). The van der Waals surface area contributed by atoms with Crippen LogP contribution in [-0.4, -0.2) is 56.3 Å². The van der Waals surface area contributed by atoms with Crippen LogP contribution >= 0.6 is 0 Å². The molecule has 1 aromatic carbocycles. The number of hydrogen-bond donors (Lipinski definition) is 3. The van der Waals surface area contributed by atoms with Crippen LogP contribution in [0.4, 0.5) is 0 Å². The Morgan fingerprint density at radius 3 is 2.46 bits per heavy atom. The van der Waals surface area contributed by atoms with Crippen LogP contribution in [-0.2, 0) is 14.8 Å². The van der Waals surface area contributed by atoms with Crippen molar-refractivity contribution >= 4 is 10.0 Å². The molecule has 3 N–H and O–H groups in total. The van der Waals surface area contributed by atoms with Crippen molar-refractivity contribution in [1.29, 1.82) is 0 Å². The summed E-state index contributed by atoms with van der Waals surface area (Å²) < 4.78 is 37.2. The molecule has 2 heterocycles. The number of ether oxygens (including phenoxy) is 1. The van der Waals surface area contributed by atoms with Crippen molar-refractivity contribution in [3.05, 3.63) is 34.9 Å². The minimum atomic E-state index is -3.50. The van der Waals surface area contributed by atoms with Gasteiger partial charge in [-0.2, -0.15) is 4.72 Å². The lowest BCUT2D eigenvalue weighted by Crippen LogP contribution is -2.64. The number of rotatable bonds is 4. The third-order valence-electron chi connectivity index (χ3n) is 9.73. The summed E-state index contributed by atoms with van der Waals surface area (Å²) in [6.45, 7) is 15.3. The molecular formula is C31H52N4O3S.